The standard InChI is InChI=1S/C28H26S2/c1-27(2,3)15-11-19-17-7-9-29-25(17)21-13-16(28(4,5)6)14-22-24(21)23(19)20(12-15)18-8-10-30-26(18)22/h7-14H,1-6H3. The highest BCUT2D eigenvalue weighted by molar-refractivity contribution is 7.19. The zero-order chi connectivity index (χ0) is 21.0. The van der Waals surface area contributed by atoms with Gasteiger partial charge in [0.2, 0.25) is 0 Å². The Morgan fingerprint density at radius 2 is 0.867 bits per heavy atom. The molecule has 0 nitrogen and oxygen atoms in total. The molecule has 2 aromatic heterocycles. The van der Waals surface area contributed by atoms with Crippen molar-refractivity contribution < 1.29 is 0 Å². The fourth-order valence-electron chi connectivity index (χ4n) is 4.93. The Morgan fingerprint density at radius 1 is 0.500 bits per heavy atom. The molecular weight excluding hydrogens is 400 g/mol. The van der Waals surface area contributed by atoms with Crippen LogP contribution in [0.15, 0.2) is 47.2 Å². The molecule has 0 atom stereocenters. The molecule has 4 aromatic carbocycles. The summed E-state index contributed by atoms with van der Waals surface area (Å²) in [5.41, 5.74) is 3.09. The third-order valence-corrected chi connectivity index (χ3v) is 8.55. The summed E-state index contributed by atoms with van der Waals surface area (Å²) in [6, 6.07) is 14.5. The van der Waals surface area contributed by atoms with E-state index in [0.29, 0.717) is 0 Å². The first kappa shape index (κ1) is 18.6. The lowest BCUT2D eigenvalue weighted by Crippen LogP contribution is -2.11. The molecule has 6 aromatic rings. The van der Waals surface area contributed by atoms with E-state index in [0.717, 1.165) is 0 Å². The number of fused-ring (bicyclic) bond motifs is 6. The first-order valence-electron chi connectivity index (χ1n) is 10.7. The van der Waals surface area contributed by atoms with Gasteiger partial charge in [-0.2, -0.15) is 0 Å². The molecule has 2 heterocycles. The first-order valence-corrected chi connectivity index (χ1v) is 12.4. The Labute approximate surface area is 185 Å². The van der Waals surface area contributed by atoms with Gasteiger partial charge in [0.05, 0.1) is 0 Å². The second kappa shape index (κ2) is 5.75. The van der Waals surface area contributed by atoms with E-state index in [1.54, 1.807) is 0 Å². The molecular formula is C28H26S2. The van der Waals surface area contributed by atoms with Gasteiger partial charge in [-0.3, -0.25) is 0 Å². The number of rotatable bonds is 0. The smallest absolute Gasteiger partial charge is 0.0427 e. The molecule has 0 bridgehead atoms. The third kappa shape index (κ3) is 2.38. The average Bonchev–Trinajstić information content (AvgIpc) is 3.35. The zero-order valence-corrected chi connectivity index (χ0v) is 20.1. The van der Waals surface area contributed by atoms with Crippen LogP contribution in [0.3, 0.4) is 0 Å². The van der Waals surface area contributed by atoms with Crippen LogP contribution in [0.2, 0.25) is 0 Å². The van der Waals surface area contributed by atoms with Crippen molar-refractivity contribution in [2.24, 2.45) is 0 Å². The van der Waals surface area contributed by atoms with Gasteiger partial charge in [-0.15, -0.1) is 22.7 Å². The molecule has 0 saturated heterocycles. The maximum Gasteiger partial charge on any atom is 0.0427 e. The van der Waals surface area contributed by atoms with E-state index in [4.69, 9.17) is 0 Å². The molecule has 0 aliphatic carbocycles. The molecule has 0 aliphatic heterocycles. The second-order valence-electron chi connectivity index (χ2n) is 10.7. The normalized spacial score (nSPS) is 13.7. The number of hydrogen-bond donors (Lipinski definition) is 0. The average molecular weight is 427 g/mol. The van der Waals surface area contributed by atoms with Crippen molar-refractivity contribution in [3.05, 3.63) is 58.3 Å². The second-order valence-corrected chi connectivity index (χ2v) is 12.6. The summed E-state index contributed by atoms with van der Waals surface area (Å²) in [6.07, 6.45) is 0. The van der Waals surface area contributed by atoms with Gasteiger partial charge in [0.15, 0.2) is 0 Å². The monoisotopic (exact) mass is 426 g/mol. The first-order chi connectivity index (χ1) is 14.1. The van der Waals surface area contributed by atoms with E-state index in [-0.39, 0.29) is 10.8 Å². The molecule has 2 heteroatoms. The molecule has 0 spiro atoms. The lowest BCUT2D eigenvalue weighted by molar-refractivity contribution is 0.591. The molecule has 0 N–H and O–H groups in total. The lowest BCUT2D eigenvalue weighted by atomic mass is 9.80. The highest BCUT2D eigenvalue weighted by atomic mass is 32.1. The van der Waals surface area contributed by atoms with Gasteiger partial charge < -0.3 is 0 Å². The van der Waals surface area contributed by atoms with Crippen molar-refractivity contribution in [2.75, 3.05) is 0 Å². The quantitative estimate of drug-likeness (QED) is 0.212. The molecule has 0 fully saturated rings. The fraction of sp³-hybridized carbons (Fsp3) is 0.286. The van der Waals surface area contributed by atoms with E-state index in [2.05, 4.69) is 88.7 Å². The zero-order valence-electron chi connectivity index (χ0n) is 18.4. The maximum absolute atomic E-state index is 2.47. The van der Waals surface area contributed by atoms with Gasteiger partial charge in [-0.05, 0) is 85.3 Å². The van der Waals surface area contributed by atoms with Crippen LogP contribution in [0.4, 0.5) is 0 Å². The molecule has 0 saturated carbocycles. The van der Waals surface area contributed by atoms with E-state index in [1.165, 1.54) is 63.6 Å². The fourth-order valence-corrected chi connectivity index (χ4v) is 6.80. The number of hydrogen-bond acceptors (Lipinski definition) is 2. The molecule has 150 valence electrons. The lowest BCUT2D eigenvalue weighted by Gasteiger charge is -2.24. The van der Waals surface area contributed by atoms with Crippen molar-refractivity contribution in [2.45, 2.75) is 52.4 Å². The van der Waals surface area contributed by atoms with Crippen LogP contribution in [0, 0.1) is 0 Å². The van der Waals surface area contributed by atoms with Gasteiger partial charge in [0, 0.05) is 36.3 Å². The van der Waals surface area contributed by atoms with Crippen molar-refractivity contribution in [3.8, 4) is 0 Å². The largest absolute Gasteiger partial charge is 0.143 e. The number of benzene rings is 4. The van der Waals surface area contributed by atoms with Crippen LogP contribution in [0.25, 0.3) is 52.5 Å². The minimum atomic E-state index is 0.120. The summed E-state index contributed by atoms with van der Waals surface area (Å²) in [6.45, 7) is 14.0. The highest BCUT2D eigenvalue weighted by Gasteiger charge is 2.24. The van der Waals surface area contributed by atoms with E-state index in [9.17, 15) is 0 Å². The van der Waals surface area contributed by atoms with Crippen molar-refractivity contribution in [1.29, 1.82) is 0 Å². The number of thiophene rings is 2. The summed E-state index contributed by atoms with van der Waals surface area (Å²) in [7, 11) is 0. The summed E-state index contributed by atoms with van der Waals surface area (Å²) in [5.74, 6) is 0. The summed E-state index contributed by atoms with van der Waals surface area (Å²) >= 11 is 3.78. The molecule has 30 heavy (non-hydrogen) atoms. The van der Waals surface area contributed by atoms with Crippen molar-refractivity contribution in [1.82, 2.24) is 0 Å². The Balaban J connectivity index is 2.00. The Hall–Kier alpha value is -2.16. The summed E-state index contributed by atoms with van der Waals surface area (Å²) in [4.78, 5) is 0. The Morgan fingerprint density at radius 3 is 1.27 bits per heavy atom. The highest BCUT2D eigenvalue weighted by Crippen LogP contribution is 2.49. The van der Waals surface area contributed by atoms with E-state index in [1.807, 2.05) is 22.7 Å². The Bertz CT molecular complexity index is 1380. The molecule has 6 rings (SSSR count). The SMILES string of the molecule is CC(C)(C)c1cc2c3ccsc3c3cc(C(C)(C)C)cc4c5sccc5c(c1)c2c34. The predicted molar refractivity (Wildman–Crippen MR) is 138 cm³/mol. The van der Waals surface area contributed by atoms with Crippen LogP contribution < -0.4 is 0 Å². The van der Waals surface area contributed by atoms with Crippen molar-refractivity contribution in [3.63, 3.8) is 0 Å². The van der Waals surface area contributed by atoms with Gasteiger partial charge in [0.1, 0.15) is 0 Å². The minimum absolute atomic E-state index is 0.120. The molecule has 0 amide bonds. The minimum Gasteiger partial charge on any atom is -0.143 e. The van der Waals surface area contributed by atoms with Gasteiger partial charge in [-0.1, -0.05) is 41.5 Å². The van der Waals surface area contributed by atoms with E-state index < -0.39 is 0 Å². The van der Waals surface area contributed by atoms with Crippen LogP contribution in [-0.4, -0.2) is 0 Å². The molecule has 0 aliphatic rings. The van der Waals surface area contributed by atoms with Gasteiger partial charge >= 0.3 is 0 Å². The van der Waals surface area contributed by atoms with E-state index >= 15 is 0 Å². The van der Waals surface area contributed by atoms with Crippen LogP contribution >= 0.6 is 22.7 Å². The van der Waals surface area contributed by atoms with Crippen LogP contribution in [0.1, 0.15) is 52.7 Å². The summed E-state index contributed by atoms with van der Waals surface area (Å²) < 4.78 is 2.86. The maximum atomic E-state index is 2.47. The topological polar surface area (TPSA) is 0 Å². The van der Waals surface area contributed by atoms with Gasteiger partial charge in [-0.25, -0.2) is 0 Å². The van der Waals surface area contributed by atoms with Gasteiger partial charge in [0.25, 0.3) is 0 Å². The van der Waals surface area contributed by atoms with Crippen LogP contribution in [-0.2, 0) is 10.8 Å². The third-order valence-electron chi connectivity index (χ3n) is 6.66. The molecule has 0 unspecified atom stereocenters. The van der Waals surface area contributed by atoms with Crippen LogP contribution in [0.5, 0.6) is 0 Å². The molecule has 0 radical (unpaired) electrons. The predicted octanol–water partition coefficient (Wildman–Crippen LogP) is 9.61. The Kier molecular flexibility index (Phi) is 3.56. The summed E-state index contributed by atoms with van der Waals surface area (Å²) in [5, 5.41) is 16.0. The van der Waals surface area contributed by atoms with Crippen molar-refractivity contribution >= 4 is 75.2 Å².